The van der Waals surface area contributed by atoms with Crippen molar-refractivity contribution in [3.8, 4) is 17.5 Å². The first-order chi connectivity index (χ1) is 18.6. The first kappa shape index (κ1) is 26.8. The highest BCUT2D eigenvalue weighted by molar-refractivity contribution is 6.30. The van der Waals surface area contributed by atoms with Crippen molar-refractivity contribution in [3.63, 3.8) is 0 Å². The molecule has 206 valence electrons. The summed E-state index contributed by atoms with van der Waals surface area (Å²) in [6, 6.07) is 11.2. The van der Waals surface area contributed by atoms with Crippen LogP contribution in [0, 0.1) is 0 Å². The van der Waals surface area contributed by atoms with E-state index in [-0.39, 0.29) is 55.3 Å². The highest BCUT2D eigenvalue weighted by Crippen LogP contribution is 2.38. The van der Waals surface area contributed by atoms with Crippen LogP contribution in [0.1, 0.15) is 35.3 Å². The molecular formula is C26H24ClF3N4O5. The summed E-state index contributed by atoms with van der Waals surface area (Å²) in [4.78, 5) is 34.7. The van der Waals surface area contributed by atoms with E-state index in [1.54, 1.807) is 29.2 Å². The average molecular weight is 565 g/mol. The van der Waals surface area contributed by atoms with Crippen LogP contribution in [0.4, 0.5) is 19.0 Å². The number of amides is 2. The van der Waals surface area contributed by atoms with Crippen LogP contribution in [-0.4, -0.2) is 63.5 Å². The van der Waals surface area contributed by atoms with E-state index in [1.807, 2.05) is 0 Å². The van der Waals surface area contributed by atoms with Crippen molar-refractivity contribution in [3.05, 3.63) is 64.8 Å². The van der Waals surface area contributed by atoms with Gasteiger partial charge in [-0.1, -0.05) is 29.8 Å². The number of hydrogen-bond acceptors (Lipinski definition) is 7. The molecule has 0 unspecified atom stereocenters. The number of carbonyl (C=O) groups is 2. The van der Waals surface area contributed by atoms with Crippen LogP contribution in [0.2, 0.25) is 5.02 Å². The summed E-state index contributed by atoms with van der Waals surface area (Å²) in [6.45, 7) is 0.404. The first-order valence-electron chi connectivity index (χ1n) is 12.3. The minimum atomic E-state index is -4.88. The number of aromatic nitrogens is 2. The van der Waals surface area contributed by atoms with E-state index < -0.39 is 24.1 Å². The number of carbonyl (C=O) groups excluding carboxylic acids is 2. The maximum Gasteiger partial charge on any atom is 0.573 e. The molecule has 0 saturated carbocycles. The Balaban J connectivity index is 1.61. The van der Waals surface area contributed by atoms with E-state index in [0.29, 0.717) is 24.4 Å². The Morgan fingerprint density at radius 3 is 2.56 bits per heavy atom. The van der Waals surface area contributed by atoms with Gasteiger partial charge in [0.2, 0.25) is 0 Å². The van der Waals surface area contributed by atoms with Gasteiger partial charge >= 0.3 is 12.4 Å². The molecule has 1 fully saturated rings. The average Bonchev–Trinajstić information content (AvgIpc) is 3.48. The van der Waals surface area contributed by atoms with Gasteiger partial charge < -0.3 is 19.5 Å². The molecule has 0 bridgehead atoms. The standard InChI is InChI=1S/C26H24ClF3N4O5/c27-17-9-7-16(8-10-17)15-34-21-22(31-25(34)38-18-4-1-5-19(14-18)39-26(28,29)30)32-11-2-6-20(32)23(36)33(24(21)37)12-3-13-35/h1,4-5,7-10,14,20,35H,2-3,6,11-13,15H2/t20-/m1/s1. The maximum atomic E-state index is 13.8. The summed E-state index contributed by atoms with van der Waals surface area (Å²) < 4.78 is 49.8. The van der Waals surface area contributed by atoms with Crippen molar-refractivity contribution in [2.24, 2.45) is 0 Å². The fraction of sp³-hybridized carbons (Fsp3) is 0.346. The molecule has 3 heterocycles. The summed E-state index contributed by atoms with van der Waals surface area (Å²) in [7, 11) is 0. The zero-order chi connectivity index (χ0) is 27.7. The number of rotatable bonds is 8. The fourth-order valence-corrected chi connectivity index (χ4v) is 4.92. The SMILES string of the molecule is O=C1c2c(nc(Oc3cccc(OC(F)(F)F)c3)n2Cc2ccc(Cl)cc2)N2CCC[C@@H]2C(=O)N1CCCO. The second-order valence-electron chi connectivity index (χ2n) is 9.13. The Kier molecular flexibility index (Phi) is 7.41. The van der Waals surface area contributed by atoms with E-state index in [0.717, 1.165) is 22.6 Å². The molecule has 1 aromatic heterocycles. The molecule has 5 rings (SSSR count). The molecule has 2 amide bonds. The Morgan fingerprint density at radius 2 is 1.85 bits per heavy atom. The van der Waals surface area contributed by atoms with E-state index in [2.05, 4.69) is 9.72 Å². The lowest BCUT2D eigenvalue weighted by Gasteiger charge is -2.24. The summed E-state index contributed by atoms with van der Waals surface area (Å²) >= 11 is 6.04. The number of hydrogen-bond donors (Lipinski definition) is 1. The Hall–Kier alpha value is -3.77. The number of imidazole rings is 1. The normalized spacial score (nSPS) is 17.2. The van der Waals surface area contributed by atoms with E-state index >= 15 is 0 Å². The predicted molar refractivity (Wildman–Crippen MR) is 134 cm³/mol. The van der Waals surface area contributed by atoms with Gasteiger partial charge in [0.05, 0.1) is 6.54 Å². The van der Waals surface area contributed by atoms with Crippen molar-refractivity contribution in [2.45, 2.75) is 38.2 Å². The molecule has 2 aliphatic rings. The summed E-state index contributed by atoms with van der Waals surface area (Å²) in [6.07, 6.45) is -3.45. The van der Waals surface area contributed by atoms with Gasteiger partial charge in [-0.25, -0.2) is 0 Å². The molecule has 2 aromatic carbocycles. The fourth-order valence-electron chi connectivity index (χ4n) is 4.79. The van der Waals surface area contributed by atoms with Crippen molar-refractivity contribution in [2.75, 3.05) is 24.6 Å². The van der Waals surface area contributed by atoms with Crippen LogP contribution in [-0.2, 0) is 11.3 Å². The smallest absolute Gasteiger partial charge is 0.425 e. The number of imide groups is 1. The molecule has 9 nitrogen and oxygen atoms in total. The number of benzene rings is 2. The number of aliphatic hydroxyl groups excluding tert-OH is 1. The Labute approximate surface area is 226 Å². The molecule has 1 saturated heterocycles. The second-order valence-corrected chi connectivity index (χ2v) is 9.56. The molecule has 3 aromatic rings. The third kappa shape index (κ3) is 5.66. The molecule has 0 aliphatic carbocycles. The van der Waals surface area contributed by atoms with E-state index in [1.165, 1.54) is 16.7 Å². The number of nitrogens with zero attached hydrogens (tertiary/aromatic N) is 4. The summed E-state index contributed by atoms with van der Waals surface area (Å²) in [5, 5.41) is 9.88. The third-order valence-corrected chi connectivity index (χ3v) is 6.73. The topological polar surface area (TPSA) is 97.1 Å². The molecule has 0 spiro atoms. The second kappa shape index (κ2) is 10.8. The largest absolute Gasteiger partial charge is 0.573 e. The van der Waals surface area contributed by atoms with Crippen LogP contribution >= 0.6 is 11.6 Å². The summed E-state index contributed by atoms with van der Waals surface area (Å²) in [5.41, 5.74) is 0.847. The highest BCUT2D eigenvalue weighted by atomic mass is 35.5. The van der Waals surface area contributed by atoms with Crippen LogP contribution in [0.25, 0.3) is 0 Å². The number of alkyl halides is 3. The molecule has 2 aliphatic heterocycles. The van der Waals surface area contributed by atoms with Gasteiger partial charge in [0.15, 0.2) is 11.5 Å². The maximum absolute atomic E-state index is 13.8. The van der Waals surface area contributed by atoms with Crippen LogP contribution in [0.15, 0.2) is 48.5 Å². The van der Waals surface area contributed by atoms with Gasteiger partial charge in [0.1, 0.15) is 17.5 Å². The molecule has 1 atom stereocenters. The van der Waals surface area contributed by atoms with Gasteiger partial charge in [-0.05, 0) is 49.1 Å². The Morgan fingerprint density at radius 1 is 1.10 bits per heavy atom. The minimum Gasteiger partial charge on any atom is -0.425 e. The lowest BCUT2D eigenvalue weighted by Crippen LogP contribution is -2.46. The first-order valence-corrected chi connectivity index (χ1v) is 12.6. The van der Waals surface area contributed by atoms with Crippen molar-refractivity contribution >= 4 is 29.2 Å². The van der Waals surface area contributed by atoms with E-state index in [4.69, 9.17) is 16.3 Å². The summed E-state index contributed by atoms with van der Waals surface area (Å²) in [5.74, 6) is -1.17. The number of aliphatic hydroxyl groups is 1. The zero-order valence-electron chi connectivity index (χ0n) is 20.5. The number of fused-ring (bicyclic) bond motifs is 3. The molecular weight excluding hydrogens is 541 g/mol. The predicted octanol–water partition coefficient (Wildman–Crippen LogP) is 4.61. The number of anilines is 1. The van der Waals surface area contributed by atoms with Gasteiger partial charge in [-0.3, -0.25) is 19.1 Å². The Bertz CT molecular complexity index is 1380. The number of ether oxygens (including phenoxy) is 2. The quantitative estimate of drug-likeness (QED) is 0.399. The molecule has 0 radical (unpaired) electrons. The molecule has 13 heteroatoms. The van der Waals surface area contributed by atoms with Gasteiger partial charge in [-0.15, -0.1) is 13.2 Å². The van der Waals surface area contributed by atoms with Gasteiger partial charge in [0.25, 0.3) is 11.8 Å². The van der Waals surface area contributed by atoms with Crippen molar-refractivity contribution in [1.82, 2.24) is 14.5 Å². The third-order valence-electron chi connectivity index (χ3n) is 6.48. The van der Waals surface area contributed by atoms with Crippen LogP contribution in [0.3, 0.4) is 0 Å². The van der Waals surface area contributed by atoms with Crippen molar-refractivity contribution in [1.29, 1.82) is 0 Å². The highest BCUT2D eigenvalue weighted by Gasteiger charge is 2.45. The lowest BCUT2D eigenvalue weighted by molar-refractivity contribution is -0.274. The zero-order valence-corrected chi connectivity index (χ0v) is 21.3. The molecule has 1 N–H and O–H groups in total. The molecule has 39 heavy (non-hydrogen) atoms. The van der Waals surface area contributed by atoms with Gasteiger partial charge in [-0.2, -0.15) is 4.98 Å². The van der Waals surface area contributed by atoms with Crippen LogP contribution in [0.5, 0.6) is 17.5 Å². The lowest BCUT2D eigenvalue weighted by atomic mass is 10.2. The number of halogens is 4. The minimum absolute atomic E-state index is 0.00731. The van der Waals surface area contributed by atoms with Crippen LogP contribution < -0.4 is 14.4 Å². The monoisotopic (exact) mass is 564 g/mol. The van der Waals surface area contributed by atoms with E-state index in [9.17, 15) is 27.9 Å². The van der Waals surface area contributed by atoms with Gasteiger partial charge in [0, 0.05) is 30.8 Å². The van der Waals surface area contributed by atoms with Crippen molar-refractivity contribution < 1.29 is 37.3 Å².